The smallest absolute Gasteiger partial charge is 0.306 e. The summed E-state index contributed by atoms with van der Waals surface area (Å²) in [6, 6.07) is 16.2. The molecular weight excluding hydrogens is 402 g/mol. The predicted octanol–water partition coefficient (Wildman–Crippen LogP) is 6.38. The van der Waals surface area contributed by atoms with Crippen LogP contribution in [0, 0.1) is 5.92 Å². The average molecular weight is 434 g/mol. The highest BCUT2D eigenvalue weighted by Gasteiger charge is 2.23. The largest absolute Gasteiger partial charge is 0.481 e. The van der Waals surface area contributed by atoms with E-state index in [2.05, 4.69) is 17.3 Å². The monoisotopic (exact) mass is 433 g/mol. The Morgan fingerprint density at radius 2 is 1.84 bits per heavy atom. The lowest BCUT2D eigenvalue weighted by Gasteiger charge is -2.13. The number of furan rings is 1. The van der Waals surface area contributed by atoms with Crippen molar-refractivity contribution in [3.63, 3.8) is 0 Å². The zero-order chi connectivity index (χ0) is 22.3. The number of unbranched alkanes of at least 4 members (excludes halogenated alkanes) is 2. The molecule has 4 rings (SSSR count). The lowest BCUT2D eigenvalue weighted by molar-refractivity contribution is -0.141. The Morgan fingerprint density at radius 1 is 1.03 bits per heavy atom. The third-order valence-electron chi connectivity index (χ3n) is 6.56. The summed E-state index contributed by atoms with van der Waals surface area (Å²) in [4.78, 5) is 11.9. The van der Waals surface area contributed by atoms with E-state index < -0.39 is 11.9 Å². The second-order valence-corrected chi connectivity index (χ2v) is 8.79. The fourth-order valence-corrected chi connectivity index (χ4v) is 4.75. The van der Waals surface area contributed by atoms with Crippen LogP contribution in [-0.2, 0) is 24.1 Å². The van der Waals surface area contributed by atoms with Crippen molar-refractivity contribution in [1.82, 2.24) is 0 Å². The molecule has 5 nitrogen and oxygen atoms in total. The van der Waals surface area contributed by atoms with Crippen LogP contribution in [0.4, 0.5) is 0 Å². The zero-order valence-corrected chi connectivity index (χ0v) is 18.4. The van der Waals surface area contributed by atoms with Crippen molar-refractivity contribution in [3.8, 4) is 0 Å². The third kappa shape index (κ3) is 5.21. The number of nitrogens with zero attached hydrogens (tertiary/aromatic N) is 1. The normalized spacial score (nSPS) is 14.9. The van der Waals surface area contributed by atoms with Gasteiger partial charge in [0.25, 0.3) is 0 Å². The molecule has 1 aliphatic rings. The van der Waals surface area contributed by atoms with Crippen LogP contribution in [0.1, 0.15) is 67.4 Å². The van der Waals surface area contributed by atoms with Gasteiger partial charge in [-0.15, -0.1) is 0 Å². The van der Waals surface area contributed by atoms with Crippen molar-refractivity contribution in [3.05, 3.63) is 71.0 Å². The van der Waals surface area contributed by atoms with Gasteiger partial charge < -0.3 is 14.7 Å². The van der Waals surface area contributed by atoms with E-state index in [1.807, 2.05) is 36.4 Å². The topological polar surface area (TPSA) is 83.0 Å². The molecule has 1 atom stereocenters. The van der Waals surface area contributed by atoms with Gasteiger partial charge in [0.1, 0.15) is 11.3 Å². The van der Waals surface area contributed by atoms with Gasteiger partial charge in [0.15, 0.2) is 0 Å². The van der Waals surface area contributed by atoms with Gasteiger partial charge in [0, 0.05) is 29.4 Å². The highest BCUT2D eigenvalue weighted by Crippen LogP contribution is 2.33. The molecule has 0 spiro atoms. The van der Waals surface area contributed by atoms with Crippen molar-refractivity contribution in [1.29, 1.82) is 0 Å². The first-order valence-corrected chi connectivity index (χ1v) is 11.7. The van der Waals surface area contributed by atoms with Crippen LogP contribution >= 0.6 is 0 Å². The lowest BCUT2D eigenvalue weighted by atomic mass is 9.91. The molecule has 0 saturated heterocycles. The van der Waals surface area contributed by atoms with Crippen LogP contribution in [0.25, 0.3) is 11.0 Å². The molecule has 0 aliphatic heterocycles. The van der Waals surface area contributed by atoms with E-state index in [9.17, 15) is 15.1 Å². The number of oxime groups is 1. The number of aryl methyl sites for hydroxylation is 3. The second-order valence-electron chi connectivity index (χ2n) is 8.79. The summed E-state index contributed by atoms with van der Waals surface area (Å²) in [6.07, 6.45) is 8.97. The molecule has 0 amide bonds. The van der Waals surface area contributed by atoms with Crippen LogP contribution in [0.15, 0.2) is 58.1 Å². The van der Waals surface area contributed by atoms with Crippen molar-refractivity contribution in [2.45, 2.75) is 64.2 Å². The molecule has 168 valence electrons. The minimum absolute atomic E-state index is 0.205. The van der Waals surface area contributed by atoms with Crippen LogP contribution in [0.3, 0.4) is 0 Å². The van der Waals surface area contributed by atoms with Crippen molar-refractivity contribution < 1.29 is 19.5 Å². The Balaban J connectivity index is 1.36. The number of benzene rings is 2. The zero-order valence-electron chi connectivity index (χ0n) is 18.4. The van der Waals surface area contributed by atoms with E-state index in [0.717, 1.165) is 67.2 Å². The molecule has 1 aliphatic carbocycles. The third-order valence-corrected chi connectivity index (χ3v) is 6.56. The van der Waals surface area contributed by atoms with E-state index >= 15 is 0 Å². The molecule has 32 heavy (non-hydrogen) atoms. The number of aliphatic carboxylic acids is 1. The second kappa shape index (κ2) is 10.5. The Hall–Kier alpha value is -3.08. The number of hydrogen-bond acceptors (Lipinski definition) is 4. The molecule has 3 aromatic rings. The number of carboxylic acid groups (broad SMARTS) is 1. The van der Waals surface area contributed by atoms with Gasteiger partial charge in [-0.3, -0.25) is 4.79 Å². The minimum atomic E-state index is -0.844. The van der Waals surface area contributed by atoms with Gasteiger partial charge in [-0.1, -0.05) is 60.5 Å². The summed E-state index contributed by atoms with van der Waals surface area (Å²) in [7, 11) is 0. The van der Waals surface area contributed by atoms with Gasteiger partial charge in [0.05, 0.1) is 11.6 Å². The summed E-state index contributed by atoms with van der Waals surface area (Å²) in [5.41, 5.74) is 4.52. The maximum Gasteiger partial charge on any atom is 0.306 e. The molecule has 0 fully saturated rings. The molecule has 0 radical (unpaired) electrons. The molecule has 0 saturated carbocycles. The number of carboxylic acids is 1. The average Bonchev–Trinajstić information content (AvgIpc) is 3.19. The summed E-state index contributed by atoms with van der Waals surface area (Å²) in [5, 5.41) is 24.0. The first-order valence-electron chi connectivity index (χ1n) is 11.7. The van der Waals surface area contributed by atoms with Crippen LogP contribution in [-0.4, -0.2) is 22.0 Å². The van der Waals surface area contributed by atoms with E-state index in [0.29, 0.717) is 12.1 Å². The van der Waals surface area contributed by atoms with E-state index in [1.54, 1.807) is 0 Å². The van der Waals surface area contributed by atoms with Crippen molar-refractivity contribution in [2.75, 3.05) is 0 Å². The number of hydrogen-bond donors (Lipinski definition) is 2. The van der Waals surface area contributed by atoms with Gasteiger partial charge >= 0.3 is 5.97 Å². The summed E-state index contributed by atoms with van der Waals surface area (Å²) >= 11 is 0. The first-order chi connectivity index (χ1) is 15.7. The Morgan fingerprint density at radius 3 is 2.62 bits per heavy atom. The molecule has 0 bridgehead atoms. The van der Waals surface area contributed by atoms with Gasteiger partial charge in [-0.2, -0.15) is 0 Å². The molecule has 2 aromatic carbocycles. The van der Waals surface area contributed by atoms with Crippen molar-refractivity contribution >= 4 is 22.7 Å². The van der Waals surface area contributed by atoms with Crippen molar-refractivity contribution in [2.24, 2.45) is 11.1 Å². The number of rotatable bonds is 10. The quantitative estimate of drug-likeness (QED) is 0.168. The molecule has 1 unspecified atom stereocenters. The fourth-order valence-electron chi connectivity index (χ4n) is 4.75. The summed E-state index contributed by atoms with van der Waals surface area (Å²) in [6.45, 7) is 0. The van der Waals surface area contributed by atoms with Gasteiger partial charge in [-0.25, -0.2) is 0 Å². The van der Waals surface area contributed by atoms with Gasteiger partial charge in [-0.05, 0) is 50.2 Å². The summed E-state index contributed by atoms with van der Waals surface area (Å²) in [5.74, 6) is -0.355. The predicted molar refractivity (Wildman–Crippen MR) is 126 cm³/mol. The van der Waals surface area contributed by atoms with Gasteiger partial charge in [0.2, 0.25) is 0 Å². The SMILES string of the molecule is O=C(O)C(CCCCCc1ccccc1)C/C(=N/O)c1ccc2c3c(oc2c1)CCCC3. The Labute approximate surface area is 188 Å². The van der Waals surface area contributed by atoms with Crippen LogP contribution in [0.2, 0.25) is 0 Å². The molecule has 1 heterocycles. The molecule has 5 heteroatoms. The number of carbonyl (C=O) groups is 1. The maximum atomic E-state index is 11.9. The molecular formula is C27H31NO4. The highest BCUT2D eigenvalue weighted by atomic mass is 16.4. The summed E-state index contributed by atoms with van der Waals surface area (Å²) < 4.78 is 6.05. The molecule has 2 N–H and O–H groups in total. The standard InChI is InChI=1S/C27H31NO4/c29-27(30)21(12-6-2-5-11-19-9-3-1-4-10-19)17-24(28-31)20-15-16-23-22-13-7-8-14-25(22)32-26(23)18-20/h1,3-4,9-10,15-16,18,21,31H,2,5-8,11-14,17H2,(H,29,30)/b28-24-. The molecule has 1 aromatic heterocycles. The minimum Gasteiger partial charge on any atom is -0.481 e. The van der Waals surface area contributed by atoms with E-state index in [4.69, 9.17) is 4.42 Å². The van der Waals surface area contributed by atoms with Crippen LogP contribution < -0.4 is 0 Å². The van der Waals surface area contributed by atoms with Crippen LogP contribution in [0.5, 0.6) is 0 Å². The fraction of sp³-hybridized carbons (Fsp3) is 0.407. The lowest BCUT2D eigenvalue weighted by Crippen LogP contribution is -2.19. The number of fused-ring (bicyclic) bond motifs is 3. The maximum absolute atomic E-state index is 11.9. The highest BCUT2D eigenvalue weighted by molar-refractivity contribution is 6.04. The Kier molecular flexibility index (Phi) is 7.25. The van der Waals surface area contributed by atoms with E-state index in [-0.39, 0.29) is 6.42 Å². The van der Waals surface area contributed by atoms with E-state index in [1.165, 1.54) is 17.5 Å². The first kappa shape index (κ1) is 22.1. The Bertz CT molecular complexity index is 1080.